The normalized spacial score (nSPS) is 11.8. The van der Waals surface area contributed by atoms with E-state index < -0.39 is 5.91 Å². The van der Waals surface area contributed by atoms with E-state index in [1.165, 1.54) is 24.4 Å². The fourth-order valence-corrected chi connectivity index (χ4v) is 5.10. The van der Waals surface area contributed by atoms with Gasteiger partial charge in [-0.2, -0.15) is 0 Å². The van der Waals surface area contributed by atoms with Gasteiger partial charge in [0.1, 0.15) is 11.9 Å². The number of amides is 1. The van der Waals surface area contributed by atoms with Gasteiger partial charge in [0.15, 0.2) is 0 Å². The zero-order valence-electron chi connectivity index (χ0n) is 26.1. The summed E-state index contributed by atoms with van der Waals surface area (Å²) in [6.07, 6.45) is 9.94. The first-order valence-electron chi connectivity index (χ1n) is 15.0. The monoisotopic (exact) mass is 631 g/mol. The fourth-order valence-electron chi connectivity index (χ4n) is 4.56. The third-order valence-electron chi connectivity index (χ3n) is 6.94. The van der Waals surface area contributed by atoms with Gasteiger partial charge in [-0.1, -0.05) is 61.3 Å². The summed E-state index contributed by atoms with van der Waals surface area (Å²) in [4.78, 5) is 25.5. The van der Waals surface area contributed by atoms with E-state index in [-0.39, 0.29) is 18.0 Å². The SMILES string of the molecule is C=CCCCSN.C=C[C@H](OC(C)=O)[C@H](CC)CCN(CC)c1cc(C(N)=O)ccc1OCCCCc1cccc(Cl)c1. The highest BCUT2D eigenvalue weighted by molar-refractivity contribution is 7.97. The first-order chi connectivity index (χ1) is 20.7. The number of nitrogens with two attached hydrogens (primary N) is 2. The minimum Gasteiger partial charge on any atom is -0.491 e. The van der Waals surface area contributed by atoms with Gasteiger partial charge in [0.25, 0.3) is 0 Å². The molecule has 0 heterocycles. The summed E-state index contributed by atoms with van der Waals surface area (Å²) in [6, 6.07) is 13.2. The number of ether oxygens (including phenoxy) is 2. The van der Waals surface area contributed by atoms with Crippen LogP contribution in [0.25, 0.3) is 0 Å². The molecule has 0 aliphatic carbocycles. The van der Waals surface area contributed by atoms with Crippen molar-refractivity contribution in [2.45, 2.75) is 71.8 Å². The third-order valence-corrected chi connectivity index (χ3v) is 7.70. The van der Waals surface area contributed by atoms with Gasteiger partial charge < -0.3 is 20.1 Å². The van der Waals surface area contributed by atoms with E-state index in [0.29, 0.717) is 18.7 Å². The van der Waals surface area contributed by atoms with E-state index >= 15 is 0 Å². The Balaban J connectivity index is 0.00000117. The van der Waals surface area contributed by atoms with E-state index in [2.05, 4.69) is 38.0 Å². The number of esters is 1. The molecule has 2 aromatic rings. The molecule has 0 radical (unpaired) electrons. The number of hydrogen-bond donors (Lipinski definition) is 2. The molecule has 9 heteroatoms. The maximum Gasteiger partial charge on any atom is 0.303 e. The number of primary amides is 1. The smallest absolute Gasteiger partial charge is 0.303 e. The van der Waals surface area contributed by atoms with E-state index in [4.69, 9.17) is 31.9 Å². The summed E-state index contributed by atoms with van der Waals surface area (Å²) in [7, 11) is 0. The molecule has 1 amide bonds. The van der Waals surface area contributed by atoms with Crippen LogP contribution in [-0.2, 0) is 16.0 Å². The number of nitrogens with zero attached hydrogens (tertiary/aromatic N) is 1. The lowest BCUT2D eigenvalue weighted by Gasteiger charge is -2.29. The zero-order chi connectivity index (χ0) is 32.0. The van der Waals surface area contributed by atoms with Crippen molar-refractivity contribution in [2.75, 3.05) is 30.3 Å². The average molecular weight is 632 g/mol. The average Bonchev–Trinajstić information content (AvgIpc) is 2.99. The molecule has 0 aliphatic heterocycles. The van der Waals surface area contributed by atoms with Crippen LogP contribution >= 0.6 is 23.5 Å². The van der Waals surface area contributed by atoms with Crippen molar-refractivity contribution >= 4 is 41.1 Å². The van der Waals surface area contributed by atoms with Crippen LogP contribution in [0.4, 0.5) is 5.69 Å². The second kappa shape index (κ2) is 22.6. The topological polar surface area (TPSA) is 108 Å². The van der Waals surface area contributed by atoms with Crippen LogP contribution in [0.2, 0.25) is 5.02 Å². The van der Waals surface area contributed by atoms with Crippen LogP contribution in [0.15, 0.2) is 67.8 Å². The van der Waals surface area contributed by atoms with Crippen molar-refractivity contribution in [1.29, 1.82) is 0 Å². The molecule has 43 heavy (non-hydrogen) atoms. The number of halogens is 1. The molecule has 7 nitrogen and oxygen atoms in total. The van der Waals surface area contributed by atoms with Gasteiger partial charge in [0.2, 0.25) is 5.91 Å². The summed E-state index contributed by atoms with van der Waals surface area (Å²) in [5.74, 6) is 1.11. The van der Waals surface area contributed by atoms with E-state index in [9.17, 15) is 9.59 Å². The molecule has 4 N–H and O–H groups in total. The maximum atomic E-state index is 11.9. The Kier molecular flexibility index (Phi) is 20.0. The predicted molar refractivity (Wildman–Crippen MR) is 183 cm³/mol. The van der Waals surface area contributed by atoms with Crippen LogP contribution in [0.1, 0.15) is 75.2 Å². The second-order valence-corrected chi connectivity index (χ2v) is 11.3. The van der Waals surface area contributed by atoms with Crippen molar-refractivity contribution in [2.24, 2.45) is 16.8 Å². The lowest BCUT2D eigenvalue weighted by molar-refractivity contribution is -0.146. The molecule has 0 bridgehead atoms. The van der Waals surface area contributed by atoms with Crippen LogP contribution in [0.3, 0.4) is 0 Å². The lowest BCUT2D eigenvalue weighted by Crippen LogP contribution is -2.31. The number of rotatable bonds is 20. The predicted octanol–water partition coefficient (Wildman–Crippen LogP) is 7.76. The Hall–Kier alpha value is -2.94. The molecule has 0 aliphatic rings. The van der Waals surface area contributed by atoms with Crippen LogP contribution in [0, 0.1) is 5.92 Å². The van der Waals surface area contributed by atoms with Gasteiger partial charge in [-0.3, -0.25) is 14.7 Å². The van der Waals surface area contributed by atoms with Crippen LogP contribution < -0.4 is 20.5 Å². The molecular formula is C34H50ClN3O4S. The first kappa shape index (κ1) is 38.1. The molecule has 2 atom stereocenters. The molecule has 0 saturated heterocycles. The Morgan fingerprint density at radius 1 is 1.12 bits per heavy atom. The number of benzene rings is 2. The number of anilines is 1. The summed E-state index contributed by atoms with van der Waals surface area (Å²) in [5.41, 5.74) is 8.04. The summed E-state index contributed by atoms with van der Waals surface area (Å²) in [5, 5.41) is 5.90. The fraction of sp³-hybridized carbons (Fsp3) is 0.471. The van der Waals surface area contributed by atoms with Gasteiger partial charge in [-0.05, 0) is 87.8 Å². The number of hydrogen-bond acceptors (Lipinski definition) is 7. The van der Waals surface area contributed by atoms with Crippen LogP contribution in [-0.4, -0.2) is 43.4 Å². The molecule has 0 unspecified atom stereocenters. The van der Waals surface area contributed by atoms with E-state index in [0.717, 1.165) is 73.7 Å². The van der Waals surface area contributed by atoms with Gasteiger partial charge >= 0.3 is 5.97 Å². The minimum absolute atomic E-state index is 0.135. The Labute approximate surface area is 268 Å². The Morgan fingerprint density at radius 2 is 1.88 bits per heavy atom. The van der Waals surface area contributed by atoms with Gasteiger partial charge in [-0.15, -0.1) is 6.58 Å². The quantitative estimate of drug-likeness (QED) is 0.0665. The maximum absolute atomic E-state index is 11.9. The molecule has 2 rings (SSSR count). The third kappa shape index (κ3) is 15.4. The zero-order valence-corrected chi connectivity index (χ0v) is 27.6. The highest BCUT2D eigenvalue weighted by Crippen LogP contribution is 2.31. The molecule has 0 saturated carbocycles. The molecule has 238 valence electrons. The summed E-state index contributed by atoms with van der Waals surface area (Å²) < 4.78 is 11.6. The summed E-state index contributed by atoms with van der Waals surface area (Å²) >= 11 is 7.47. The van der Waals surface area contributed by atoms with Crippen molar-refractivity contribution < 1.29 is 19.1 Å². The number of unbranched alkanes of at least 4 members (excludes halogenated alkanes) is 2. The van der Waals surface area contributed by atoms with E-state index in [1.807, 2.05) is 30.3 Å². The molecule has 0 aromatic heterocycles. The van der Waals surface area contributed by atoms with Crippen LogP contribution in [0.5, 0.6) is 5.75 Å². The highest BCUT2D eigenvalue weighted by atomic mass is 35.5. The summed E-state index contributed by atoms with van der Waals surface area (Å²) in [6.45, 7) is 14.9. The van der Waals surface area contributed by atoms with Crippen molar-refractivity contribution in [3.8, 4) is 5.75 Å². The van der Waals surface area contributed by atoms with Gasteiger partial charge in [0.05, 0.1) is 12.3 Å². The Morgan fingerprint density at radius 3 is 2.47 bits per heavy atom. The standard InChI is InChI=1S/C29H39ClN2O4.C5H11NS/c1-5-23(27(6-2)36-21(4)33)16-17-32(7-3)26-20-24(29(31)34)14-15-28(26)35-18-9-8-11-22-12-10-13-25(30)19-22;1-2-3-4-5-7-6/h6,10,12-15,19-20,23,27H,2,5,7-9,11,16-18H2,1,3-4H3,(H2,31,34);2H,1,3-6H2/t23-,27+;/m1./s1. The minimum atomic E-state index is -0.478. The highest BCUT2D eigenvalue weighted by Gasteiger charge is 2.22. The Bertz CT molecular complexity index is 1130. The van der Waals surface area contributed by atoms with E-state index in [1.54, 1.807) is 18.2 Å². The molecule has 0 spiro atoms. The lowest BCUT2D eigenvalue weighted by atomic mass is 9.95. The molecule has 2 aromatic carbocycles. The molecular weight excluding hydrogens is 582 g/mol. The first-order valence-corrected chi connectivity index (χ1v) is 16.4. The number of aryl methyl sites for hydroxylation is 1. The van der Waals surface area contributed by atoms with Gasteiger partial charge in [0, 0.05) is 42.3 Å². The van der Waals surface area contributed by atoms with Crippen molar-refractivity contribution in [3.63, 3.8) is 0 Å². The number of carbonyl (C=O) groups is 2. The van der Waals surface area contributed by atoms with Gasteiger partial charge in [-0.25, -0.2) is 0 Å². The largest absolute Gasteiger partial charge is 0.491 e. The van der Waals surface area contributed by atoms with Crippen molar-refractivity contribution in [1.82, 2.24) is 0 Å². The second-order valence-electron chi connectivity index (χ2n) is 10.1. The number of allylic oxidation sites excluding steroid dienone is 1. The number of carbonyl (C=O) groups excluding carboxylic acids is 2. The molecule has 0 fully saturated rings. The van der Waals surface area contributed by atoms with Crippen molar-refractivity contribution in [3.05, 3.63) is 83.9 Å².